The molecule has 0 amide bonds. The molecule has 0 aliphatic carbocycles. The van der Waals surface area contributed by atoms with Gasteiger partial charge in [0.05, 0.1) is 44.1 Å². The molecule has 24 rings (SSSR count). The van der Waals surface area contributed by atoms with Gasteiger partial charge in [-0.15, -0.1) is 0 Å². The lowest BCUT2D eigenvalue weighted by molar-refractivity contribution is 1.18. The fourth-order valence-corrected chi connectivity index (χ4v) is 18.7. The number of rotatable bonds is 6. The zero-order valence-corrected chi connectivity index (χ0v) is 58.7. The van der Waals surface area contributed by atoms with Crippen molar-refractivity contribution in [3.8, 4) is 45.0 Å². The Morgan fingerprint density at radius 3 is 0.898 bits per heavy atom. The van der Waals surface area contributed by atoms with Crippen molar-refractivity contribution >= 4 is 173 Å². The molecule has 4 heteroatoms. The van der Waals surface area contributed by atoms with Crippen molar-refractivity contribution in [1.82, 2.24) is 18.3 Å². The van der Waals surface area contributed by atoms with E-state index in [0.29, 0.717) is 0 Å². The van der Waals surface area contributed by atoms with Crippen molar-refractivity contribution in [3.05, 3.63) is 388 Å². The minimum atomic E-state index is 1.17. The van der Waals surface area contributed by atoms with E-state index in [-0.39, 0.29) is 0 Å². The lowest BCUT2D eigenvalue weighted by atomic mass is 9.95. The third-order valence-corrected chi connectivity index (χ3v) is 23.3. The summed E-state index contributed by atoms with van der Waals surface area (Å²) in [5, 5.41) is 30.6. The van der Waals surface area contributed by atoms with Gasteiger partial charge in [0.15, 0.2) is 0 Å². The molecule has 0 atom stereocenters. The van der Waals surface area contributed by atoms with E-state index in [2.05, 4.69) is 407 Å². The molecular formula is C104H64N4. The summed E-state index contributed by atoms with van der Waals surface area (Å²) in [6, 6.07) is 143. The van der Waals surface area contributed by atoms with Gasteiger partial charge >= 0.3 is 0 Å². The fraction of sp³-hybridized carbons (Fsp3) is 0. The minimum Gasteiger partial charge on any atom is -0.309 e. The van der Waals surface area contributed by atoms with Crippen LogP contribution in [0.2, 0.25) is 0 Å². The highest BCUT2D eigenvalue weighted by atomic mass is 15.0. The standard InChI is InChI=1S/2C52H32N2/c1-3-14-36(15-4-1)53-48-29-24-34(31-46(48)45-28-27-41-38-18-8-7-13-33(38)23-26-44(41)51(45)53)35-25-30-49-47(32-35)50-42-21-11-9-19-39(42)40-20-10-12-22-43(40)52(50)54(49)37-16-5-2-6-17-37;1-3-14-37(15-4-1)53-46-28-26-36(32-45(46)51-48(53)30-25-34-24-23-33-13-7-8-18-39(33)49(34)51)35-27-29-47-44(31-35)50-42-21-11-9-19-40(42)41-20-10-12-22-43(41)52(50)54(47)38-16-5-2-6-17-38/h2*1-32H. The van der Waals surface area contributed by atoms with Gasteiger partial charge in [0, 0.05) is 82.0 Å². The molecule has 0 radical (unpaired) electrons. The van der Waals surface area contributed by atoms with E-state index in [0.717, 1.165) is 0 Å². The molecule has 4 aromatic heterocycles. The maximum Gasteiger partial charge on any atom is 0.0625 e. The summed E-state index contributed by atoms with van der Waals surface area (Å²) in [6.45, 7) is 0. The molecule has 0 saturated carbocycles. The summed E-state index contributed by atoms with van der Waals surface area (Å²) in [4.78, 5) is 0. The van der Waals surface area contributed by atoms with E-state index < -0.39 is 0 Å². The topological polar surface area (TPSA) is 19.7 Å². The highest BCUT2D eigenvalue weighted by molar-refractivity contribution is 6.35. The van der Waals surface area contributed by atoms with Gasteiger partial charge in [-0.1, -0.05) is 285 Å². The Morgan fingerprint density at radius 1 is 0.130 bits per heavy atom. The molecule has 4 nitrogen and oxygen atoms in total. The molecule has 108 heavy (non-hydrogen) atoms. The van der Waals surface area contributed by atoms with Gasteiger partial charge in [-0.2, -0.15) is 0 Å². The van der Waals surface area contributed by atoms with Gasteiger partial charge in [0.25, 0.3) is 0 Å². The molecule has 20 aromatic carbocycles. The maximum atomic E-state index is 2.47. The fourth-order valence-electron chi connectivity index (χ4n) is 18.7. The smallest absolute Gasteiger partial charge is 0.0625 e. The van der Waals surface area contributed by atoms with Crippen molar-refractivity contribution in [3.63, 3.8) is 0 Å². The SMILES string of the molecule is c1ccc(-n2c3ccc(-c4ccc5c(c4)c4c6ccccc6c6ccccc6c4n5-c4ccccc4)cc3c3c4c(ccc5ccccc54)ccc32)cc1.c1ccc(-n2c3ccc(-c4ccc5c(c4)c4c6ccccc6c6ccccc6c4n5-c4ccccc4)cc3c3ccc4c5ccccc5ccc4c32)cc1. The highest BCUT2D eigenvalue weighted by Crippen LogP contribution is 2.49. The molecule has 4 heterocycles. The molecule has 0 N–H and O–H groups in total. The van der Waals surface area contributed by atoms with Crippen LogP contribution in [0.5, 0.6) is 0 Å². The number of para-hydroxylation sites is 4. The Morgan fingerprint density at radius 2 is 0.407 bits per heavy atom. The number of hydrogen-bond donors (Lipinski definition) is 0. The lowest BCUT2D eigenvalue weighted by Crippen LogP contribution is -1.94. The van der Waals surface area contributed by atoms with Crippen molar-refractivity contribution in [2.45, 2.75) is 0 Å². The molecule has 0 aliphatic rings. The Kier molecular flexibility index (Phi) is 13.1. The van der Waals surface area contributed by atoms with Crippen LogP contribution in [0.3, 0.4) is 0 Å². The third-order valence-electron chi connectivity index (χ3n) is 23.3. The van der Waals surface area contributed by atoms with E-state index in [4.69, 9.17) is 0 Å². The number of fused-ring (bicyclic) bond motifs is 30. The summed E-state index contributed by atoms with van der Waals surface area (Å²) in [7, 11) is 0. The van der Waals surface area contributed by atoms with Crippen LogP contribution in [0.25, 0.3) is 218 Å². The second-order valence-corrected chi connectivity index (χ2v) is 28.9. The highest BCUT2D eigenvalue weighted by Gasteiger charge is 2.25. The summed E-state index contributed by atoms with van der Waals surface area (Å²) in [6.07, 6.45) is 0. The first kappa shape index (κ1) is 60.1. The molecule has 0 fully saturated rings. The second kappa shape index (κ2) is 23.6. The van der Waals surface area contributed by atoms with Gasteiger partial charge in [0.1, 0.15) is 0 Å². The minimum absolute atomic E-state index is 1.17. The molecule has 0 saturated heterocycles. The van der Waals surface area contributed by atoms with Gasteiger partial charge in [-0.3, -0.25) is 0 Å². The van der Waals surface area contributed by atoms with E-state index in [9.17, 15) is 0 Å². The summed E-state index contributed by atoms with van der Waals surface area (Å²) in [5.74, 6) is 0. The van der Waals surface area contributed by atoms with Crippen LogP contribution >= 0.6 is 0 Å². The Balaban J connectivity index is 0.000000130. The van der Waals surface area contributed by atoms with Crippen LogP contribution in [0, 0.1) is 0 Å². The largest absolute Gasteiger partial charge is 0.309 e. The maximum absolute atomic E-state index is 2.47. The van der Waals surface area contributed by atoms with Gasteiger partial charge < -0.3 is 18.3 Å². The zero-order chi connectivity index (χ0) is 70.7. The summed E-state index contributed by atoms with van der Waals surface area (Å²) >= 11 is 0. The molecular weight excluding hydrogens is 1310 g/mol. The lowest BCUT2D eigenvalue weighted by Gasteiger charge is -2.12. The Hall–Kier alpha value is -14.3. The second-order valence-electron chi connectivity index (χ2n) is 28.9. The van der Waals surface area contributed by atoms with Crippen LogP contribution in [0.1, 0.15) is 0 Å². The molecule has 0 unspecified atom stereocenters. The molecule has 24 aromatic rings. The normalized spacial score (nSPS) is 12.1. The van der Waals surface area contributed by atoms with Crippen molar-refractivity contribution < 1.29 is 0 Å². The number of nitrogens with zero attached hydrogens (tertiary/aromatic N) is 4. The van der Waals surface area contributed by atoms with Crippen molar-refractivity contribution in [2.24, 2.45) is 0 Å². The average Bonchev–Trinajstić information content (AvgIpc) is 1.53. The Labute approximate surface area is 620 Å². The monoisotopic (exact) mass is 1370 g/mol. The van der Waals surface area contributed by atoms with Crippen LogP contribution < -0.4 is 0 Å². The van der Waals surface area contributed by atoms with Crippen molar-refractivity contribution in [1.29, 1.82) is 0 Å². The van der Waals surface area contributed by atoms with Crippen LogP contribution in [-0.2, 0) is 0 Å². The van der Waals surface area contributed by atoms with E-state index in [1.807, 2.05) is 0 Å². The predicted octanol–water partition coefficient (Wildman–Crippen LogP) is 28.3. The number of aromatic nitrogens is 4. The van der Waals surface area contributed by atoms with Gasteiger partial charge in [-0.25, -0.2) is 0 Å². The molecule has 0 aliphatic heterocycles. The van der Waals surface area contributed by atoms with E-state index in [1.54, 1.807) is 0 Å². The van der Waals surface area contributed by atoms with Crippen molar-refractivity contribution in [2.75, 3.05) is 0 Å². The quantitative estimate of drug-likeness (QED) is 0.148. The van der Waals surface area contributed by atoms with Crippen LogP contribution in [0.15, 0.2) is 388 Å². The van der Waals surface area contributed by atoms with E-state index >= 15 is 0 Å². The molecule has 0 bridgehead atoms. The molecule has 0 spiro atoms. The summed E-state index contributed by atoms with van der Waals surface area (Å²) < 4.78 is 9.83. The van der Waals surface area contributed by atoms with E-state index in [1.165, 1.54) is 218 Å². The third kappa shape index (κ3) is 8.86. The average molecular weight is 1370 g/mol. The first-order valence-electron chi connectivity index (χ1n) is 37.4. The first-order valence-corrected chi connectivity index (χ1v) is 37.4. The van der Waals surface area contributed by atoms with Gasteiger partial charge in [-0.05, 0) is 195 Å². The predicted molar refractivity (Wildman–Crippen MR) is 461 cm³/mol. The number of benzene rings is 20. The van der Waals surface area contributed by atoms with Crippen LogP contribution in [-0.4, -0.2) is 18.3 Å². The first-order chi connectivity index (χ1) is 53.6. The Bertz CT molecular complexity index is 7870. The number of hydrogen-bond acceptors (Lipinski definition) is 0. The summed E-state index contributed by atoms with van der Waals surface area (Å²) in [5.41, 5.74) is 19.3. The van der Waals surface area contributed by atoms with Crippen LogP contribution in [0.4, 0.5) is 0 Å². The molecule has 500 valence electrons. The zero-order valence-electron chi connectivity index (χ0n) is 58.7. The van der Waals surface area contributed by atoms with Gasteiger partial charge in [0.2, 0.25) is 0 Å².